The Kier molecular flexibility index (Phi) is 3.45. The van der Waals surface area contributed by atoms with Gasteiger partial charge in [0, 0.05) is 26.0 Å². The fourth-order valence-electron chi connectivity index (χ4n) is 2.38. The average molecular weight is 299 g/mol. The Morgan fingerprint density at radius 3 is 2.95 bits per heavy atom. The maximum absolute atomic E-state index is 12.2. The normalized spacial score (nSPS) is 25.4. The van der Waals surface area contributed by atoms with Crippen LogP contribution < -0.4 is 9.46 Å². The Balaban J connectivity index is 1.74. The second kappa shape index (κ2) is 5.00. The Morgan fingerprint density at radius 1 is 1.35 bits per heavy atom. The number of sulfonamides is 1. The quantitative estimate of drug-likeness (QED) is 0.821. The zero-order valence-corrected chi connectivity index (χ0v) is 11.8. The third-order valence-electron chi connectivity index (χ3n) is 3.64. The minimum atomic E-state index is -3.63. The monoisotopic (exact) mass is 299 g/mol. The van der Waals surface area contributed by atoms with E-state index < -0.39 is 15.6 Å². The summed E-state index contributed by atoms with van der Waals surface area (Å²) in [5, 5.41) is 10.1. The highest BCUT2D eigenvalue weighted by molar-refractivity contribution is 7.89. The summed E-state index contributed by atoms with van der Waals surface area (Å²) in [7, 11) is -3.63. The molecule has 0 spiro atoms. The van der Waals surface area contributed by atoms with Crippen molar-refractivity contribution >= 4 is 10.0 Å². The lowest BCUT2D eigenvalue weighted by Crippen LogP contribution is -2.43. The highest BCUT2D eigenvalue weighted by Crippen LogP contribution is 2.27. The molecule has 6 nitrogen and oxygen atoms in total. The first kappa shape index (κ1) is 13.8. The molecule has 1 saturated heterocycles. The maximum atomic E-state index is 12.2. The zero-order chi connectivity index (χ0) is 14.2. The molecule has 2 aliphatic rings. The minimum absolute atomic E-state index is 0.0388. The molecule has 7 heteroatoms. The molecule has 0 aliphatic carbocycles. The molecule has 3 rings (SSSR count). The summed E-state index contributed by atoms with van der Waals surface area (Å²) >= 11 is 0. The molecule has 0 saturated carbocycles. The standard InChI is InChI=1S/C13H17NO5S/c15-13(4-6-18-9-13)8-14-20(16,17)11-1-2-12-10(7-11)3-5-19-12/h1-2,7,14-15H,3-6,8-9H2/t13-/m1/s1. The summed E-state index contributed by atoms with van der Waals surface area (Å²) in [6, 6.07) is 4.81. The average Bonchev–Trinajstić information content (AvgIpc) is 3.05. The number of ether oxygens (including phenoxy) is 2. The molecule has 20 heavy (non-hydrogen) atoms. The van der Waals surface area contributed by atoms with Crippen molar-refractivity contribution in [3.05, 3.63) is 23.8 Å². The van der Waals surface area contributed by atoms with Crippen molar-refractivity contribution in [3.8, 4) is 5.75 Å². The van der Waals surface area contributed by atoms with Gasteiger partial charge in [-0.15, -0.1) is 0 Å². The Bertz CT molecular complexity index is 607. The molecule has 1 aromatic rings. The summed E-state index contributed by atoms with van der Waals surface area (Å²) in [6.07, 6.45) is 1.16. The van der Waals surface area contributed by atoms with E-state index in [1.807, 2.05) is 0 Å². The second-order valence-corrected chi connectivity index (χ2v) is 6.99. The van der Waals surface area contributed by atoms with Gasteiger partial charge < -0.3 is 14.6 Å². The van der Waals surface area contributed by atoms with Gasteiger partial charge in [0.2, 0.25) is 10.0 Å². The van der Waals surface area contributed by atoms with Gasteiger partial charge in [-0.3, -0.25) is 0 Å². The molecule has 0 amide bonds. The van der Waals surface area contributed by atoms with Crippen molar-refractivity contribution in [2.24, 2.45) is 0 Å². The van der Waals surface area contributed by atoms with E-state index in [-0.39, 0.29) is 18.0 Å². The van der Waals surface area contributed by atoms with E-state index in [1.54, 1.807) is 12.1 Å². The van der Waals surface area contributed by atoms with Crippen LogP contribution in [0.1, 0.15) is 12.0 Å². The molecule has 2 N–H and O–H groups in total. The van der Waals surface area contributed by atoms with E-state index in [9.17, 15) is 13.5 Å². The summed E-state index contributed by atoms with van der Waals surface area (Å²) in [5.41, 5.74) is -0.205. The smallest absolute Gasteiger partial charge is 0.240 e. The van der Waals surface area contributed by atoms with Gasteiger partial charge in [-0.2, -0.15) is 0 Å². The van der Waals surface area contributed by atoms with E-state index >= 15 is 0 Å². The Labute approximate surface area is 117 Å². The van der Waals surface area contributed by atoms with Crippen LogP contribution in [0.5, 0.6) is 5.75 Å². The number of benzene rings is 1. The number of hydrogen-bond donors (Lipinski definition) is 2. The number of nitrogens with one attached hydrogen (secondary N) is 1. The minimum Gasteiger partial charge on any atom is -0.493 e. The first-order valence-corrected chi connectivity index (χ1v) is 8.02. The molecule has 1 fully saturated rings. The van der Waals surface area contributed by atoms with Crippen molar-refractivity contribution in [3.63, 3.8) is 0 Å². The third-order valence-corrected chi connectivity index (χ3v) is 5.04. The van der Waals surface area contributed by atoms with Crippen molar-refractivity contribution in [1.82, 2.24) is 4.72 Å². The molecule has 110 valence electrons. The molecule has 0 radical (unpaired) electrons. The molecule has 1 atom stereocenters. The molecule has 2 heterocycles. The van der Waals surface area contributed by atoms with Crippen LogP contribution in [0, 0.1) is 0 Å². The predicted molar refractivity (Wildman–Crippen MR) is 71.2 cm³/mol. The molecule has 1 aromatic carbocycles. The van der Waals surface area contributed by atoms with Crippen LogP contribution in [0.4, 0.5) is 0 Å². The summed E-state index contributed by atoms with van der Waals surface area (Å²) < 4.78 is 37.3. The van der Waals surface area contributed by atoms with E-state index in [2.05, 4.69) is 4.72 Å². The number of fused-ring (bicyclic) bond motifs is 1. The van der Waals surface area contributed by atoms with E-state index in [0.717, 1.165) is 17.7 Å². The zero-order valence-electron chi connectivity index (χ0n) is 11.0. The number of hydrogen-bond acceptors (Lipinski definition) is 5. The van der Waals surface area contributed by atoms with Gasteiger partial charge in [0.25, 0.3) is 0 Å². The first-order valence-electron chi connectivity index (χ1n) is 6.54. The molecule has 2 aliphatic heterocycles. The van der Waals surface area contributed by atoms with Crippen LogP contribution in [0.15, 0.2) is 23.1 Å². The highest BCUT2D eigenvalue weighted by Gasteiger charge is 2.33. The Morgan fingerprint density at radius 2 is 2.20 bits per heavy atom. The van der Waals surface area contributed by atoms with Crippen LogP contribution >= 0.6 is 0 Å². The fourth-order valence-corrected chi connectivity index (χ4v) is 3.55. The SMILES string of the molecule is O=S(=O)(NC[C@]1(O)CCOC1)c1ccc2c(c1)CCO2. The predicted octanol–water partition coefficient (Wildman–Crippen LogP) is 0.0512. The van der Waals surface area contributed by atoms with Gasteiger partial charge in [-0.05, 0) is 23.8 Å². The molecule has 0 aromatic heterocycles. The van der Waals surface area contributed by atoms with Gasteiger partial charge in [0.05, 0.1) is 18.1 Å². The van der Waals surface area contributed by atoms with Gasteiger partial charge >= 0.3 is 0 Å². The summed E-state index contributed by atoms with van der Waals surface area (Å²) in [4.78, 5) is 0.198. The third kappa shape index (κ3) is 2.67. The van der Waals surface area contributed by atoms with Crippen molar-refractivity contribution in [2.45, 2.75) is 23.3 Å². The van der Waals surface area contributed by atoms with Crippen LogP contribution in [-0.2, 0) is 21.2 Å². The molecule has 0 unspecified atom stereocenters. The summed E-state index contributed by atoms with van der Waals surface area (Å²) in [5.74, 6) is 0.742. The lowest BCUT2D eigenvalue weighted by molar-refractivity contribution is 0.0314. The first-order chi connectivity index (χ1) is 9.49. The topological polar surface area (TPSA) is 84.9 Å². The van der Waals surface area contributed by atoms with Gasteiger partial charge in [0.15, 0.2) is 0 Å². The van der Waals surface area contributed by atoms with Crippen molar-refractivity contribution < 1.29 is 23.0 Å². The lowest BCUT2D eigenvalue weighted by atomic mass is 10.1. The lowest BCUT2D eigenvalue weighted by Gasteiger charge is -2.20. The fraction of sp³-hybridized carbons (Fsp3) is 0.538. The van der Waals surface area contributed by atoms with E-state index in [0.29, 0.717) is 19.6 Å². The maximum Gasteiger partial charge on any atom is 0.240 e. The van der Waals surface area contributed by atoms with Gasteiger partial charge in [0.1, 0.15) is 11.4 Å². The highest BCUT2D eigenvalue weighted by atomic mass is 32.2. The summed E-state index contributed by atoms with van der Waals surface area (Å²) in [6.45, 7) is 1.16. The van der Waals surface area contributed by atoms with E-state index in [1.165, 1.54) is 6.07 Å². The van der Waals surface area contributed by atoms with Crippen LogP contribution in [0.25, 0.3) is 0 Å². The molecular weight excluding hydrogens is 282 g/mol. The van der Waals surface area contributed by atoms with Crippen molar-refractivity contribution in [2.75, 3.05) is 26.4 Å². The Hall–Kier alpha value is -1.15. The van der Waals surface area contributed by atoms with Crippen molar-refractivity contribution in [1.29, 1.82) is 0 Å². The van der Waals surface area contributed by atoms with Crippen LogP contribution in [0.3, 0.4) is 0 Å². The van der Waals surface area contributed by atoms with Crippen LogP contribution in [-0.4, -0.2) is 45.5 Å². The van der Waals surface area contributed by atoms with Crippen LogP contribution in [0.2, 0.25) is 0 Å². The van der Waals surface area contributed by atoms with Gasteiger partial charge in [-0.1, -0.05) is 0 Å². The number of aliphatic hydroxyl groups is 1. The number of rotatable bonds is 4. The largest absolute Gasteiger partial charge is 0.493 e. The van der Waals surface area contributed by atoms with E-state index in [4.69, 9.17) is 9.47 Å². The molecular formula is C13H17NO5S. The second-order valence-electron chi connectivity index (χ2n) is 5.22. The molecule has 0 bridgehead atoms. The van der Waals surface area contributed by atoms with Gasteiger partial charge in [-0.25, -0.2) is 13.1 Å².